The zero-order valence-corrected chi connectivity index (χ0v) is 10.3. The molecule has 0 aliphatic heterocycles. The fourth-order valence-corrected chi connectivity index (χ4v) is 1.42. The molecule has 0 saturated heterocycles. The smallest absolute Gasteiger partial charge is 0.0241 e. The quantitative estimate of drug-likeness (QED) is 0.581. The molecule has 0 unspecified atom stereocenters. The van der Waals surface area contributed by atoms with Gasteiger partial charge in [0.1, 0.15) is 0 Å². The van der Waals surface area contributed by atoms with E-state index in [0.29, 0.717) is 0 Å². The van der Waals surface area contributed by atoms with E-state index in [4.69, 9.17) is 0 Å². The molecule has 0 aromatic carbocycles. The Morgan fingerprint density at radius 2 is 1.88 bits per heavy atom. The lowest BCUT2D eigenvalue weighted by molar-refractivity contribution is 0.927. The third-order valence-corrected chi connectivity index (χ3v) is 2.48. The zero-order chi connectivity index (χ0) is 12.0. The summed E-state index contributed by atoms with van der Waals surface area (Å²) < 4.78 is 0. The first kappa shape index (κ1) is 12.5. The van der Waals surface area contributed by atoms with Crippen molar-refractivity contribution in [2.24, 2.45) is 0 Å². The lowest BCUT2D eigenvalue weighted by Gasteiger charge is -2.07. The van der Waals surface area contributed by atoms with Gasteiger partial charge in [0.15, 0.2) is 0 Å². The van der Waals surface area contributed by atoms with E-state index in [9.17, 15) is 0 Å². The first-order valence-corrected chi connectivity index (χ1v) is 5.65. The Morgan fingerprint density at radius 3 is 2.44 bits per heavy atom. The van der Waals surface area contributed by atoms with Gasteiger partial charge in [-0.1, -0.05) is 60.8 Å². The topological polar surface area (TPSA) is 0 Å². The van der Waals surface area contributed by atoms with E-state index < -0.39 is 0 Å². The van der Waals surface area contributed by atoms with Crippen LogP contribution in [0.4, 0.5) is 0 Å². The van der Waals surface area contributed by atoms with Gasteiger partial charge in [0.05, 0.1) is 0 Å². The molecule has 0 atom stereocenters. The molecule has 0 radical (unpaired) electrons. The third kappa shape index (κ3) is 4.79. The van der Waals surface area contributed by atoms with E-state index in [1.807, 2.05) is 19.1 Å². The molecule has 0 heteroatoms. The van der Waals surface area contributed by atoms with Crippen LogP contribution in [0.1, 0.15) is 26.7 Å². The summed E-state index contributed by atoms with van der Waals surface area (Å²) in [4.78, 5) is 0. The second-order valence-corrected chi connectivity index (χ2v) is 4.34. The van der Waals surface area contributed by atoms with E-state index in [2.05, 4.69) is 44.4 Å². The second-order valence-electron chi connectivity index (χ2n) is 4.34. The molecular formula is C16H20. The Kier molecular flexibility index (Phi) is 4.78. The van der Waals surface area contributed by atoms with E-state index in [0.717, 1.165) is 17.6 Å². The normalized spacial score (nSPS) is 16.4. The number of hydrogen-bond acceptors (Lipinski definition) is 0. The highest BCUT2D eigenvalue weighted by Gasteiger charge is 1.99. The Bertz CT molecular complexity index is 398. The summed E-state index contributed by atoms with van der Waals surface area (Å²) in [5.74, 6) is 0. The standard InChI is InChI=1S/C16H20/c1-13(2)5-6-14(3)7-10-16-11-8-15(4)9-12-16/h5-8,10-11H,1,3,9,12H2,2,4H3/b6-5-,10-7+. The Balaban J connectivity index is 2.54. The maximum atomic E-state index is 3.97. The molecule has 0 heterocycles. The van der Waals surface area contributed by atoms with E-state index in [1.54, 1.807) is 0 Å². The second kappa shape index (κ2) is 6.12. The molecule has 84 valence electrons. The summed E-state index contributed by atoms with van der Waals surface area (Å²) in [5.41, 5.74) is 4.88. The van der Waals surface area contributed by atoms with E-state index in [1.165, 1.54) is 17.6 Å². The zero-order valence-electron chi connectivity index (χ0n) is 10.3. The number of allylic oxidation sites excluding steroid dienone is 10. The van der Waals surface area contributed by atoms with Crippen LogP contribution in [0, 0.1) is 0 Å². The maximum absolute atomic E-state index is 3.97. The van der Waals surface area contributed by atoms with Crippen molar-refractivity contribution in [1.29, 1.82) is 0 Å². The van der Waals surface area contributed by atoms with Crippen molar-refractivity contribution in [2.75, 3.05) is 0 Å². The molecule has 1 aliphatic carbocycles. The van der Waals surface area contributed by atoms with Crippen LogP contribution in [-0.2, 0) is 0 Å². The SMILES string of the molecule is C=C(C)/C=C\C(=C)/C=C/C1=CC=C(C)CC1. The largest absolute Gasteiger partial charge is 0.0961 e. The lowest BCUT2D eigenvalue weighted by Crippen LogP contribution is -1.87. The van der Waals surface area contributed by atoms with Crippen LogP contribution in [0.2, 0.25) is 0 Å². The summed E-state index contributed by atoms with van der Waals surface area (Å²) in [6, 6.07) is 0. The van der Waals surface area contributed by atoms with Gasteiger partial charge in [-0.25, -0.2) is 0 Å². The van der Waals surface area contributed by atoms with Crippen LogP contribution >= 0.6 is 0 Å². The van der Waals surface area contributed by atoms with Crippen LogP contribution in [-0.4, -0.2) is 0 Å². The predicted molar refractivity (Wildman–Crippen MR) is 73.3 cm³/mol. The fourth-order valence-electron chi connectivity index (χ4n) is 1.42. The highest BCUT2D eigenvalue weighted by atomic mass is 14.0. The Labute approximate surface area is 99.1 Å². The molecule has 1 aliphatic rings. The molecule has 0 aromatic rings. The van der Waals surface area contributed by atoms with Crippen LogP contribution in [0.15, 0.2) is 71.9 Å². The van der Waals surface area contributed by atoms with Crippen molar-refractivity contribution < 1.29 is 0 Å². The summed E-state index contributed by atoms with van der Waals surface area (Å²) in [7, 11) is 0. The fraction of sp³-hybridized carbons (Fsp3) is 0.250. The van der Waals surface area contributed by atoms with Gasteiger partial charge >= 0.3 is 0 Å². The molecule has 0 N–H and O–H groups in total. The average molecular weight is 212 g/mol. The first-order chi connectivity index (χ1) is 7.58. The molecular weight excluding hydrogens is 192 g/mol. The van der Waals surface area contributed by atoms with Gasteiger partial charge in [0, 0.05) is 0 Å². The van der Waals surface area contributed by atoms with Gasteiger partial charge < -0.3 is 0 Å². The summed E-state index contributed by atoms with van der Waals surface area (Å²) in [5, 5.41) is 0. The Morgan fingerprint density at radius 1 is 1.12 bits per heavy atom. The van der Waals surface area contributed by atoms with Crippen molar-refractivity contribution in [3.05, 3.63) is 71.9 Å². The highest BCUT2D eigenvalue weighted by Crippen LogP contribution is 2.18. The maximum Gasteiger partial charge on any atom is -0.0241 e. The van der Waals surface area contributed by atoms with Crippen LogP contribution in [0.5, 0.6) is 0 Å². The molecule has 1 rings (SSSR count). The molecule has 0 amide bonds. The van der Waals surface area contributed by atoms with Gasteiger partial charge in [0.25, 0.3) is 0 Å². The number of hydrogen-bond donors (Lipinski definition) is 0. The lowest BCUT2D eigenvalue weighted by atomic mass is 9.99. The van der Waals surface area contributed by atoms with E-state index in [-0.39, 0.29) is 0 Å². The monoisotopic (exact) mass is 212 g/mol. The minimum atomic E-state index is 1.01. The van der Waals surface area contributed by atoms with E-state index >= 15 is 0 Å². The van der Waals surface area contributed by atoms with Gasteiger partial charge in [-0.2, -0.15) is 0 Å². The molecule has 0 bridgehead atoms. The van der Waals surface area contributed by atoms with Crippen molar-refractivity contribution >= 4 is 0 Å². The van der Waals surface area contributed by atoms with Crippen molar-refractivity contribution in [3.63, 3.8) is 0 Å². The molecule has 0 spiro atoms. The summed E-state index contributed by atoms with van der Waals surface area (Å²) in [6.07, 6.45) is 14.9. The summed E-state index contributed by atoms with van der Waals surface area (Å²) >= 11 is 0. The summed E-state index contributed by atoms with van der Waals surface area (Å²) in [6.45, 7) is 11.9. The first-order valence-electron chi connectivity index (χ1n) is 5.65. The molecule has 0 nitrogen and oxygen atoms in total. The van der Waals surface area contributed by atoms with Crippen molar-refractivity contribution in [3.8, 4) is 0 Å². The van der Waals surface area contributed by atoms with Gasteiger partial charge in [-0.05, 0) is 37.8 Å². The van der Waals surface area contributed by atoms with Crippen LogP contribution in [0.25, 0.3) is 0 Å². The van der Waals surface area contributed by atoms with Crippen molar-refractivity contribution in [2.45, 2.75) is 26.7 Å². The number of rotatable bonds is 4. The van der Waals surface area contributed by atoms with Crippen LogP contribution in [0.3, 0.4) is 0 Å². The minimum Gasteiger partial charge on any atom is -0.0961 e. The van der Waals surface area contributed by atoms with Crippen molar-refractivity contribution in [1.82, 2.24) is 0 Å². The van der Waals surface area contributed by atoms with Crippen LogP contribution < -0.4 is 0 Å². The average Bonchev–Trinajstić information content (AvgIpc) is 2.25. The van der Waals surface area contributed by atoms with Gasteiger partial charge in [0.2, 0.25) is 0 Å². The Hall–Kier alpha value is -1.56. The van der Waals surface area contributed by atoms with Gasteiger partial charge in [-0.15, -0.1) is 0 Å². The predicted octanol–water partition coefficient (Wildman–Crippen LogP) is 4.90. The highest BCUT2D eigenvalue weighted by molar-refractivity contribution is 5.37. The minimum absolute atomic E-state index is 1.01. The molecule has 0 aromatic heterocycles. The molecule has 16 heavy (non-hydrogen) atoms. The molecule has 0 saturated carbocycles. The third-order valence-electron chi connectivity index (χ3n) is 2.48. The van der Waals surface area contributed by atoms with Gasteiger partial charge in [-0.3, -0.25) is 0 Å². The molecule has 0 fully saturated rings.